The van der Waals surface area contributed by atoms with Gasteiger partial charge in [0.25, 0.3) is 0 Å². The average Bonchev–Trinajstić information content (AvgIpc) is 2.22. The quantitative estimate of drug-likeness (QED) is 0.387. The van der Waals surface area contributed by atoms with Gasteiger partial charge in [-0.15, -0.1) is 0 Å². The Hall–Kier alpha value is -0.512. The molecule has 0 fully saturated rings. The summed E-state index contributed by atoms with van der Waals surface area (Å²) in [5, 5.41) is 1.15. The van der Waals surface area contributed by atoms with Gasteiger partial charge in [-0.1, -0.05) is 0 Å². The zero-order chi connectivity index (χ0) is 15.7. The van der Waals surface area contributed by atoms with Crippen molar-refractivity contribution in [2.24, 2.45) is 0 Å². The van der Waals surface area contributed by atoms with E-state index in [0.717, 1.165) is 27.7 Å². The summed E-state index contributed by atoms with van der Waals surface area (Å²) in [6.45, 7) is 3.97. The van der Waals surface area contributed by atoms with Crippen molar-refractivity contribution in [1.29, 1.82) is 0 Å². The molecule has 10 nitrogen and oxygen atoms in total. The fraction of sp³-hybridized carbons (Fsp3) is 0.600. The van der Waals surface area contributed by atoms with Gasteiger partial charge < -0.3 is 19.4 Å². The van der Waals surface area contributed by atoms with Crippen molar-refractivity contribution in [3.63, 3.8) is 0 Å². The first-order valence-electron chi connectivity index (χ1n) is 5.50. The van der Waals surface area contributed by atoms with Crippen LogP contribution in [0.1, 0.15) is 27.7 Å². The normalized spacial score (nSPS) is 9.18. The Morgan fingerprint density at radius 2 is 0.818 bits per heavy atom. The first kappa shape index (κ1) is 26.4. The molecule has 0 bridgehead atoms. The summed E-state index contributed by atoms with van der Waals surface area (Å²) in [6, 6.07) is 0. The summed E-state index contributed by atoms with van der Waals surface area (Å²) in [4.78, 5) is 61.4. The molecule has 0 atom stereocenters. The van der Waals surface area contributed by atoms with Gasteiger partial charge in [-0.25, -0.2) is 0 Å². The topological polar surface area (TPSA) is 112 Å². The van der Waals surface area contributed by atoms with Crippen molar-refractivity contribution in [3.05, 3.63) is 0 Å². The number of carbonyl (C=O) groups excluding carboxylic acids is 4. The molecule has 0 aliphatic carbocycles. The van der Waals surface area contributed by atoms with Crippen LogP contribution in [-0.2, 0) is 59.6 Å². The van der Waals surface area contributed by atoms with Crippen LogP contribution < -0.4 is 0 Å². The minimum Gasteiger partial charge on any atom is -0.333 e. The number of hydrogen-bond acceptors (Lipinski definition) is 10. The van der Waals surface area contributed by atoms with E-state index in [1.54, 1.807) is 0 Å². The van der Waals surface area contributed by atoms with Gasteiger partial charge in [0.05, 0.1) is 13.1 Å². The van der Waals surface area contributed by atoms with E-state index in [-0.39, 0.29) is 63.7 Å². The minimum absolute atomic E-state index is 0. The first-order chi connectivity index (χ1) is 9.20. The zero-order valence-corrected chi connectivity index (χ0v) is 17.0. The van der Waals surface area contributed by atoms with Crippen LogP contribution in [0.4, 0.5) is 0 Å². The Labute approximate surface area is 163 Å². The van der Waals surface area contributed by atoms with Crippen LogP contribution in [0.15, 0.2) is 0 Å². The van der Waals surface area contributed by atoms with E-state index in [0.29, 0.717) is 10.5 Å². The Morgan fingerprint density at radius 1 is 0.636 bits per heavy atom. The monoisotopic (exact) mass is 413 g/mol. The average molecular weight is 411 g/mol. The third kappa shape index (κ3) is 15.9. The smallest absolute Gasteiger partial charge is 0.326 e. The van der Waals surface area contributed by atoms with Gasteiger partial charge in [-0.2, -0.15) is 0 Å². The maximum absolute atomic E-state index is 10.8. The molecule has 12 heteroatoms. The summed E-state index contributed by atoms with van der Waals surface area (Å²) in [5.74, 6) is -2.90. The molecule has 121 valence electrons. The third-order valence-corrected chi connectivity index (χ3v) is 1.39. The molecule has 0 N–H and O–H groups in total. The van der Waals surface area contributed by atoms with E-state index in [2.05, 4.69) is 19.4 Å². The molecule has 0 heterocycles. The van der Waals surface area contributed by atoms with Gasteiger partial charge in [0.1, 0.15) is 0 Å². The van der Waals surface area contributed by atoms with Crippen LogP contribution in [0.5, 0.6) is 0 Å². The van der Waals surface area contributed by atoms with E-state index >= 15 is 0 Å². The number of hydroxylamine groups is 4. The SMILES string of the molecule is CC(=O)ON(CCN(OC(C)=O)OC(C)=O)OC(C)=O.[Mo].[Na]. The van der Waals surface area contributed by atoms with E-state index in [9.17, 15) is 19.2 Å². The summed E-state index contributed by atoms with van der Waals surface area (Å²) in [6.07, 6.45) is 0. The fourth-order valence-electron chi connectivity index (χ4n) is 0.957. The molecule has 0 aromatic carbocycles. The Kier molecular flexibility index (Phi) is 16.9. The van der Waals surface area contributed by atoms with Crippen molar-refractivity contribution >= 4 is 53.4 Å². The van der Waals surface area contributed by atoms with E-state index in [1.165, 1.54) is 0 Å². The maximum atomic E-state index is 10.8. The molecule has 0 spiro atoms. The van der Waals surface area contributed by atoms with Gasteiger partial charge in [0.15, 0.2) is 0 Å². The minimum atomic E-state index is -0.724. The van der Waals surface area contributed by atoms with Crippen LogP contribution >= 0.6 is 0 Å². The predicted octanol–water partition coefficient (Wildman–Crippen LogP) is -0.880. The fourth-order valence-corrected chi connectivity index (χ4v) is 0.957. The number of rotatable bonds is 7. The van der Waals surface area contributed by atoms with E-state index < -0.39 is 23.9 Å². The van der Waals surface area contributed by atoms with Crippen LogP contribution in [0, 0.1) is 0 Å². The maximum Gasteiger partial charge on any atom is 0.326 e. The molecular formula is C10H16MoN2NaO8. The molecule has 22 heavy (non-hydrogen) atoms. The summed E-state index contributed by atoms with van der Waals surface area (Å²) < 4.78 is 0. The van der Waals surface area contributed by atoms with Gasteiger partial charge in [-0.3, -0.25) is 19.2 Å². The molecule has 1 radical (unpaired) electrons. The second kappa shape index (κ2) is 14.1. The van der Waals surface area contributed by atoms with Crippen LogP contribution in [0.25, 0.3) is 0 Å². The molecule has 0 aromatic rings. The molecule has 0 unspecified atom stereocenters. The molecule has 0 aliphatic rings. The number of carbonyl (C=O) groups is 4. The second-order valence-electron chi connectivity index (χ2n) is 3.44. The largest absolute Gasteiger partial charge is 0.333 e. The summed E-state index contributed by atoms with van der Waals surface area (Å²) in [7, 11) is 0. The van der Waals surface area contributed by atoms with Gasteiger partial charge in [0.2, 0.25) is 0 Å². The van der Waals surface area contributed by atoms with Crippen molar-refractivity contribution in [2.75, 3.05) is 13.1 Å². The Morgan fingerprint density at radius 3 is 0.955 bits per heavy atom. The Balaban J connectivity index is -0.00000180. The predicted molar refractivity (Wildman–Crippen MR) is 66.2 cm³/mol. The number of nitrogens with zero attached hydrogens (tertiary/aromatic N) is 2. The van der Waals surface area contributed by atoms with Crippen molar-refractivity contribution in [1.82, 2.24) is 10.5 Å². The molecule has 0 rings (SSSR count). The van der Waals surface area contributed by atoms with E-state index in [1.807, 2.05) is 0 Å². The van der Waals surface area contributed by atoms with Crippen LogP contribution in [0.3, 0.4) is 0 Å². The molecule has 0 amide bonds. The summed E-state index contributed by atoms with van der Waals surface area (Å²) >= 11 is 0. The third-order valence-electron chi connectivity index (χ3n) is 1.39. The zero-order valence-electron chi connectivity index (χ0n) is 13.0. The van der Waals surface area contributed by atoms with Gasteiger partial charge >= 0.3 is 23.9 Å². The van der Waals surface area contributed by atoms with Crippen molar-refractivity contribution < 1.29 is 59.6 Å². The molecule has 0 saturated heterocycles. The summed E-state index contributed by atoms with van der Waals surface area (Å²) in [5.41, 5.74) is 0. The number of hydrogen-bond donors (Lipinski definition) is 0. The van der Waals surface area contributed by atoms with E-state index in [4.69, 9.17) is 0 Å². The second-order valence-corrected chi connectivity index (χ2v) is 3.44. The molecule has 0 aromatic heterocycles. The van der Waals surface area contributed by atoms with Crippen LogP contribution in [-0.4, -0.2) is 77.0 Å². The Bertz CT molecular complexity index is 327. The van der Waals surface area contributed by atoms with Crippen LogP contribution in [0.2, 0.25) is 0 Å². The standard InChI is InChI=1S/C10H16N2O8.Mo.Na/c1-7(13)17-11(18-8(2)14)5-6-12(19-9(3)15)20-10(4)16;;/h5-6H2,1-4H3;;. The van der Waals surface area contributed by atoms with Gasteiger partial charge in [-0.05, 0) is 0 Å². The van der Waals surface area contributed by atoms with Crippen molar-refractivity contribution in [3.8, 4) is 0 Å². The molecule has 0 aliphatic heterocycles. The molecular weight excluding hydrogens is 395 g/mol. The van der Waals surface area contributed by atoms with Gasteiger partial charge in [0, 0.05) is 88.8 Å². The first-order valence-corrected chi connectivity index (χ1v) is 5.50. The van der Waals surface area contributed by atoms with Crippen molar-refractivity contribution in [2.45, 2.75) is 27.7 Å². The molecule has 0 saturated carbocycles.